The second-order valence-electron chi connectivity index (χ2n) is 7.10. The highest BCUT2D eigenvalue weighted by molar-refractivity contribution is 5.27. The minimum Gasteiger partial charge on any atom is -0.339 e. The number of piperidine rings is 2. The first-order valence-corrected chi connectivity index (χ1v) is 8.97. The summed E-state index contributed by atoms with van der Waals surface area (Å²) in [6.07, 6.45) is 8.72. The standard InChI is InChI=1S/C16H28N6/c1-2-6-21-7-3-4-14(15(21)5-1)12-20-8-10-22(11-9-20)16-17-13-18-19-16/h13-15H,1-12H2,(H,17,18,19)/t14?,15-/m0/s1. The van der Waals surface area contributed by atoms with Gasteiger partial charge in [0, 0.05) is 38.8 Å². The number of fused-ring (bicyclic) bond motifs is 1. The molecule has 0 saturated carbocycles. The molecule has 22 heavy (non-hydrogen) atoms. The van der Waals surface area contributed by atoms with E-state index in [1.54, 1.807) is 6.33 Å². The van der Waals surface area contributed by atoms with Crippen molar-refractivity contribution in [1.82, 2.24) is 25.0 Å². The zero-order valence-corrected chi connectivity index (χ0v) is 13.5. The van der Waals surface area contributed by atoms with E-state index in [1.165, 1.54) is 51.7 Å². The molecule has 6 nitrogen and oxygen atoms in total. The fraction of sp³-hybridized carbons (Fsp3) is 0.875. The Labute approximate surface area is 132 Å². The molecule has 3 fully saturated rings. The van der Waals surface area contributed by atoms with Crippen molar-refractivity contribution in [2.45, 2.75) is 38.1 Å². The number of anilines is 1. The van der Waals surface area contributed by atoms with Gasteiger partial charge in [0.15, 0.2) is 0 Å². The predicted octanol–water partition coefficient (Wildman–Crippen LogP) is 1.19. The third-order valence-corrected chi connectivity index (χ3v) is 5.80. The molecule has 0 spiro atoms. The van der Waals surface area contributed by atoms with Crippen LogP contribution in [0.1, 0.15) is 32.1 Å². The number of hydrogen-bond acceptors (Lipinski definition) is 5. The number of aromatic nitrogens is 3. The number of hydrogen-bond donors (Lipinski definition) is 1. The van der Waals surface area contributed by atoms with Gasteiger partial charge in [0.25, 0.3) is 0 Å². The van der Waals surface area contributed by atoms with Crippen LogP contribution in [0.2, 0.25) is 0 Å². The summed E-state index contributed by atoms with van der Waals surface area (Å²) >= 11 is 0. The summed E-state index contributed by atoms with van der Waals surface area (Å²) in [6.45, 7) is 8.44. The summed E-state index contributed by atoms with van der Waals surface area (Å²) in [5.41, 5.74) is 0. The average Bonchev–Trinajstić information content (AvgIpc) is 3.10. The highest BCUT2D eigenvalue weighted by Gasteiger charge is 2.34. The number of nitrogens with one attached hydrogen (secondary N) is 1. The highest BCUT2D eigenvalue weighted by atomic mass is 15.4. The second kappa shape index (κ2) is 6.54. The Morgan fingerprint density at radius 1 is 1.00 bits per heavy atom. The van der Waals surface area contributed by atoms with Gasteiger partial charge in [-0.05, 0) is 44.7 Å². The van der Waals surface area contributed by atoms with Gasteiger partial charge in [-0.3, -0.25) is 4.90 Å². The molecule has 1 unspecified atom stereocenters. The first kappa shape index (κ1) is 14.5. The topological polar surface area (TPSA) is 51.3 Å². The summed E-state index contributed by atoms with van der Waals surface area (Å²) in [7, 11) is 0. The Balaban J connectivity index is 1.30. The third kappa shape index (κ3) is 2.99. The van der Waals surface area contributed by atoms with E-state index in [0.29, 0.717) is 0 Å². The van der Waals surface area contributed by atoms with E-state index in [1.807, 2.05) is 0 Å². The summed E-state index contributed by atoms with van der Waals surface area (Å²) in [5, 5.41) is 6.94. The van der Waals surface area contributed by atoms with Crippen molar-refractivity contribution in [2.75, 3.05) is 50.7 Å². The van der Waals surface area contributed by atoms with E-state index < -0.39 is 0 Å². The molecular formula is C16H28N6. The molecule has 0 aliphatic carbocycles. The maximum Gasteiger partial charge on any atom is 0.221 e. The van der Waals surface area contributed by atoms with E-state index in [2.05, 4.69) is 29.9 Å². The van der Waals surface area contributed by atoms with Gasteiger partial charge in [-0.2, -0.15) is 10.1 Å². The smallest absolute Gasteiger partial charge is 0.221 e. The fourth-order valence-corrected chi connectivity index (χ4v) is 4.62. The van der Waals surface area contributed by atoms with Crippen molar-refractivity contribution < 1.29 is 0 Å². The van der Waals surface area contributed by atoms with Gasteiger partial charge in [-0.15, -0.1) is 0 Å². The van der Waals surface area contributed by atoms with Gasteiger partial charge in [0.1, 0.15) is 6.33 Å². The molecule has 0 aromatic carbocycles. The Hall–Kier alpha value is -1.14. The van der Waals surface area contributed by atoms with E-state index in [0.717, 1.165) is 44.1 Å². The van der Waals surface area contributed by atoms with Gasteiger partial charge in [0.05, 0.1) is 0 Å². The maximum atomic E-state index is 4.27. The van der Waals surface area contributed by atoms with Crippen LogP contribution in [-0.4, -0.2) is 76.8 Å². The summed E-state index contributed by atoms with van der Waals surface area (Å²) in [6, 6.07) is 0.870. The molecule has 3 saturated heterocycles. The third-order valence-electron chi connectivity index (χ3n) is 5.80. The lowest BCUT2D eigenvalue weighted by molar-refractivity contribution is 0.0394. The zero-order chi connectivity index (χ0) is 14.8. The van der Waals surface area contributed by atoms with Gasteiger partial charge in [-0.25, -0.2) is 5.10 Å². The zero-order valence-electron chi connectivity index (χ0n) is 13.5. The van der Waals surface area contributed by atoms with Gasteiger partial charge in [-0.1, -0.05) is 6.42 Å². The highest BCUT2D eigenvalue weighted by Crippen LogP contribution is 2.31. The number of H-pyrrole nitrogens is 1. The van der Waals surface area contributed by atoms with Crippen LogP contribution in [0.5, 0.6) is 0 Å². The van der Waals surface area contributed by atoms with Crippen LogP contribution in [0, 0.1) is 5.92 Å². The van der Waals surface area contributed by atoms with Crippen LogP contribution in [-0.2, 0) is 0 Å². The molecule has 0 radical (unpaired) electrons. The van der Waals surface area contributed by atoms with Gasteiger partial charge < -0.3 is 9.80 Å². The molecule has 1 N–H and O–H groups in total. The lowest BCUT2D eigenvalue weighted by atomic mass is 9.83. The van der Waals surface area contributed by atoms with Gasteiger partial charge in [0.2, 0.25) is 5.95 Å². The molecule has 122 valence electrons. The first-order valence-electron chi connectivity index (χ1n) is 8.97. The van der Waals surface area contributed by atoms with E-state index >= 15 is 0 Å². The van der Waals surface area contributed by atoms with Crippen molar-refractivity contribution in [3.8, 4) is 0 Å². The van der Waals surface area contributed by atoms with Crippen LogP contribution >= 0.6 is 0 Å². The summed E-state index contributed by atoms with van der Waals surface area (Å²) < 4.78 is 0. The van der Waals surface area contributed by atoms with E-state index in [4.69, 9.17) is 0 Å². The van der Waals surface area contributed by atoms with E-state index in [9.17, 15) is 0 Å². The molecule has 1 aromatic rings. The Kier molecular flexibility index (Phi) is 4.30. The molecule has 4 rings (SSSR count). The number of nitrogens with zero attached hydrogens (tertiary/aromatic N) is 5. The Morgan fingerprint density at radius 3 is 2.68 bits per heavy atom. The molecule has 3 aliphatic rings. The van der Waals surface area contributed by atoms with Crippen molar-refractivity contribution in [2.24, 2.45) is 5.92 Å². The molecule has 0 bridgehead atoms. The number of piperazine rings is 1. The monoisotopic (exact) mass is 304 g/mol. The fourth-order valence-electron chi connectivity index (χ4n) is 4.62. The lowest BCUT2D eigenvalue weighted by Gasteiger charge is -2.46. The van der Waals surface area contributed by atoms with Crippen molar-refractivity contribution >= 4 is 5.95 Å². The molecule has 3 aliphatic heterocycles. The SMILES string of the molecule is c1n[nH]c(N2CCN(CC3CCCN4CCCC[C@@H]34)CC2)n1. The van der Waals surface area contributed by atoms with Crippen LogP contribution in [0.25, 0.3) is 0 Å². The normalized spacial score (nSPS) is 31.2. The first-order chi connectivity index (χ1) is 10.9. The van der Waals surface area contributed by atoms with Crippen molar-refractivity contribution in [1.29, 1.82) is 0 Å². The maximum absolute atomic E-state index is 4.27. The Morgan fingerprint density at radius 2 is 1.86 bits per heavy atom. The predicted molar refractivity (Wildman–Crippen MR) is 87.0 cm³/mol. The molecule has 0 amide bonds. The molecule has 4 heterocycles. The Bertz CT molecular complexity index is 451. The molecular weight excluding hydrogens is 276 g/mol. The van der Waals surface area contributed by atoms with E-state index in [-0.39, 0.29) is 0 Å². The minimum absolute atomic E-state index is 0.870. The minimum atomic E-state index is 0.870. The average molecular weight is 304 g/mol. The van der Waals surface area contributed by atoms with Crippen LogP contribution in [0.15, 0.2) is 6.33 Å². The second-order valence-corrected chi connectivity index (χ2v) is 7.10. The molecule has 2 atom stereocenters. The quantitative estimate of drug-likeness (QED) is 0.909. The molecule has 1 aromatic heterocycles. The lowest BCUT2D eigenvalue weighted by Crippen LogP contribution is -2.54. The largest absolute Gasteiger partial charge is 0.339 e. The van der Waals surface area contributed by atoms with Crippen LogP contribution < -0.4 is 4.90 Å². The van der Waals surface area contributed by atoms with Crippen LogP contribution in [0.4, 0.5) is 5.95 Å². The van der Waals surface area contributed by atoms with Crippen molar-refractivity contribution in [3.63, 3.8) is 0 Å². The van der Waals surface area contributed by atoms with Gasteiger partial charge >= 0.3 is 0 Å². The van der Waals surface area contributed by atoms with Crippen molar-refractivity contribution in [3.05, 3.63) is 6.33 Å². The number of rotatable bonds is 3. The summed E-state index contributed by atoms with van der Waals surface area (Å²) in [5.74, 6) is 1.82. The van der Waals surface area contributed by atoms with Crippen LogP contribution in [0.3, 0.4) is 0 Å². The molecule has 6 heteroatoms. The summed E-state index contributed by atoms with van der Waals surface area (Å²) in [4.78, 5) is 12.0. The number of aromatic amines is 1.